The number of cyclic esters (lactones) is 1. The van der Waals surface area contributed by atoms with Gasteiger partial charge in [-0.15, -0.1) is 0 Å². The number of hydrogen-bond donors (Lipinski definition) is 3. The lowest BCUT2D eigenvalue weighted by Crippen LogP contribution is -2.64. The molecule has 0 saturated carbocycles. The van der Waals surface area contributed by atoms with Crippen LogP contribution in [0.4, 0.5) is 4.79 Å². The molecule has 0 spiro atoms. The van der Waals surface area contributed by atoms with Crippen LogP contribution in [0.15, 0.2) is 42.0 Å². The number of quaternary nitrogens is 1. The van der Waals surface area contributed by atoms with E-state index in [1.165, 1.54) is 5.56 Å². The third-order valence-corrected chi connectivity index (χ3v) is 6.42. The van der Waals surface area contributed by atoms with E-state index in [9.17, 15) is 24.3 Å². The van der Waals surface area contributed by atoms with Gasteiger partial charge in [-0.25, -0.2) is 9.59 Å². The normalized spacial score (nSPS) is 26.0. The summed E-state index contributed by atoms with van der Waals surface area (Å²) in [7, 11) is 0. The van der Waals surface area contributed by atoms with Gasteiger partial charge in [-0.05, 0) is 17.6 Å². The van der Waals surface area contributed by atoms with Gasteiger partial charge < -0.3 is 20.9 Å². The van der Waals surface area contributed by atoms with Gasteiger partial charge in [0.2, 0.25) is 6.29 Å². The fourth-order valence-electron chi connectivity index (χ4n) is 3.68. The van der Waals surface area contributed by atoms with Crippen LogP contribution in [0, 0.1) is 0 Å². The molecule has 0 bridgehead atoms. The van der Waals surface area contributed by atoms with Gasteiger partial charge in [0.25, 0.3) is 5.91 Å². The average Bonchev–Trinajstić information content (AvgIpc) is 2.94. The van der Waals surface area contributed by atoms with E-state index in [2.05, 4.69) is 10.1 Å². The Balaban J connectivity index is 1.67. The molecule has 1 saturated heterocycles. The first-order chi connectivity index (χ1) is 14.8. The number of benzene rings is 1. The van der Waals surface area contributed by atoms with Crippen LogP contribution in [0.5, 0.6) is 0 Å². The van der Waals surface area contributed by atoms with Gasteiger partial charge in [0, 0.05) is 11.5 Å². The number of ether oxygens (including phenoxy) is 1. The van der Waals surface area contributed by atoms with Crippen molar-refractivity contribution in [2.45, 2.75) is 37.3 Å². The second-order valence-electron chi connectivity index (χ2n) is 7.65. The van der Waals surface area contributed by atoms with Crippen molar-refractivity contribution in [1.29, 1.82) is 0 Å². The summed E-state index contributed by atoms with van der Waals surface area (Å²) in [5, 5.41) is 12.2. The first-order valence-corrected chi connectivity index (χ1v) is 11.1. The van der Waals surface area contributed by atoms with Crippen LogP contribution in [0.2, 0.25) is 0 Å². The molecule has 166 valence electrons. The summed E-state index contributed by atoms with van der Waals surface area (Å²) in [6.45, 7) is -0.474. The highest BCUT2D eigenvalue weighted by molar-refractivity contribution is 7.98. The molecular formula is C21H26N3O6S+. The van der Waals surface area contributed by atoms with Gasteiger partial charge in [-0.3, -0.25) is 9.59 Å². The Morgan fingerprint density at radius 1 is 1.23 bits per heavy atom. The number of thioether (sulfide) groups is 1. The predicted octanol–water partition coefficient (Wildman–Crippen LogP) is 0.812. The number of aliphatic hydroxyl groups excluding tert-OH is 1. The van der Waals surface area contributed by atoms with Crippen LogP contribution < -0.4 is 11.1 Å². The lowest BCUT2D eigenvalue weighted by atomic mass is 10.2. The fourth-order valence-corrected chi connectivity index (χ4v) is 4.68. The van der Waals surface area contributed by atoms with E-state index in [1.807, 2.05) is 36.4 Å². The van der Waals surface area contributed by atoms with Gasteiger partial charge >= 0.3 is 17.9 Å². The summed E-state index contributed by atoms with van der Waals surface area (Å²) < 4.78 is 3.78. The maximum absolute atomic E-state index is 12.8. The lowest BCUT2D eigenvalue weighted by Gasteiger charge is -2.31. The highest BCUT2D eigenvalue weighted by atomic mass is 32.2. The molecule has 10 heteroatoms. The highest BCUT2D eigenvalue weighted by Crippen LogP contribution is 2.24. The Bertz CT molecular complexity index is 890. The molecular weight excluding hydrogens is 422 g/mol. The predicted molar refractivity (Wildman–Crippen MR) is 113 cm³/mol. The second kappa shape index (κ2) is 10.1. The maximum atomic E-state index is 12.8. The standard InChI is InChI=1S/C21H25N3O6S/c22-21(29)24(11-17(25)23-16-9-19(27)30-20(16)28)10-15(7-4-8-18(24)26)13-31-12-14-5-2-1-3-6-14/h1-3,5-7,16,20,28H,4,8-13H2,(H2-,22,23,25,29)/p+1/t16?,20?,24-/m1/s1. The number of imide groups is 1. The monoisotopic (exact) mass is 448 g/mol. The molecule has 2 aliphatic heterocycles. The van der Waals surface area contributed by atoms with Crippen LogP contribution >= 0.6 is 11.8 Å². The van der Waals surface area contributed by atoms with Crippen molar-refractivity contribution < 1.29 is 33.5 Å². The first-order valence-electron chi connectivity index (χ1n) is 9.97. The Labute approximate surface area is 184 Å². The molecule has 4 amide bonds. The number of carbonyl (C=O) groups is 4. The quantitative estimate of drug-likeness (QED) is 0.319. The smallest absolute Gasteiger partial charge is 0.422 e. The molecule has 2 heterocycles. The number of urea groups is 1. The van der Waals surface area contributed by atoms with E-state index in [4.69, 9.17) is 5.73 Å². The Hall–Kier alpha value is -2.69. The van der Waals surface area contributed by atoms with Crippen LogP contribution in [0.25, 0.3) is 0 Å². The molecule has 31 heavy (non-hydrogen) atoms. The van der Waals surface area contributed by atoms with Gasteiger partial charge in [0.05, 0.1) is 12.8 Å². The zero-order valence-electron chi connectivity index (χ0n) is 17.0. The third-order valence-electron chi connectivity index (χ3n) is 5.31. The summed E-state index contributed by atoms with van der Waals surface area (Å²) in [6, 6.07) is 8.10. The number of nitrogens with one attached hydrogen (secondary N) is 1. The summed E-state index contributed by atoms with van der Waals surface area (Å²) in [6.07, 6.45) is 0.862. The minimum absolute atomic E-state index is 0.0199. The summed E-state index contributed by atoms with van der Waals surface area (Å²) in [5.41, 5.74) is 7.66. The van der Waals surface area contributed by atoms with Crippen molar-refractivity contribution in [1.82, 2.24) is 5.32 Å². The van der Waals surface area contributed by atoms with Crippen molar-refractivity contribution in [3.05, 3.63) is 47.5 Å². The molecule has 3 atom stereocenters. The summed E-state index contributed by atoms with van der Waals surface area (Å²) >= 11 is 1.65. The summed E-state index contributed by atoms with van der Waals surface area (Å²) in [4.78, 5) is 49.1. The van der Waals surface area contributed by atoms with E-state index in [1.54, 1.807) is 11.8 Å². The van der Waals surface area contributed by atoms with E-state index >= 15 is 0 Å². The zero-order chi connectivity index (χ0) is 22.4. The highest BCUT2D eigenvalue weighted by Gasteiger charge is 2.47. The van der Waals surface area contributed by atoms with E-state index in [-0.39, 0.29) is 19.4 Å². The lowest BCUT2D eigenvalue weighted by molar-refractivity contribution is -0.758. The van der Waals surface area contributed by atoms with Crippen LogP contribution in [-0.2, 0) is 24.9 Å². The van der Waals surface area contributed by atoms with Crippen molar-refractivity contribution >= 4 is 35.6 Å². The molecule has 9 nitrogen and oxygen atoms in total. The molecule has 2 unspecified atom stereocenters. The minimum Gasteiger partial charge on any atom is -0.434 e. The summed E-state index contributed by atoms with van der Waals surface area (Å²) in [5.74, 6) is -0.352. The first kappa shape index (κ1) is 23.0. The number of aliphatic hydroxyl groups is 1. The topological polar surface area (TPSA) is 136 Å². The van der Waals surface area contributed by atoms with E-state index in [0.29, 0.717) is 12.2 Å². The number of rotatable bonds is 7. The number of amides is 4. The van der Waals surface area contributed by atoms with Crippen LogP contribution in [0.1, 0.15) is 24.8 Å². The number of hydrogen-bond acceptors (Lipinski definition) is 7. The van der Waals surface area contributed by atoms with Gasteiger partial charge in [0.1, 0.15) is 12.6 Å². The van der Waals surface area contributed by atoms with E-state index in [0.717, 1.165) is 11.3 Å². The molecule has 0 radical (unpaired) electrons. The Kier molecular flexibility index (Phi) is 7.47. The van der Waals surface area contributed by atoms with Crippen molar-refractivity contribution in [3.8, 4) is 0 Å². The molecule has 3 rings (SSSR count). The molecule has 2 aliphatic rings. The van der Waals surface area contributed by atoms with Gasteiger partial charge in [-0.2, -0.15) is 16.2 Å². The molecule has 0 aliphatic carbocycles. The van der Waals surface area contributed by atoms with Crippen LogP contribution in [0.3, 0.4) is 0 Å². The number of esters is 1. The minimum atomic E-state index is -1.46. The van der Waals surface area contributed by atoms with Gasteiger partial charge in [-0.1, -0.05) is 36.4 Å². The Morgan fingerprint density at radius 3 is 2.61 bits per heavy atom. The second-order valence-corrected chi connectivity index (χ2v) is 8.64. The molecule has 1 fully saturated rings. The van der Waals surface area contributed by atoms with Crippen molar-refractivity contribution in [2.75, 3.05) is 18.8 Å². The van der Waals surface area contributed by atoms with Gasteiger partial charge in [0.15, 0.2) is 6.54 Å². The van der Waals surface area contributed by atoms with Crippen molar-refractivity contribution in [2.24, 2.45) is 5.73 Å². The number of primary amides is 1. The van der Waals surface area contributed by atoms with E-state index < -0.39 is 47.2 Å². The average molecular weight is 449 g/mol. The molecule has 1 aromatic rings. The SMILES string of the molecule is NC(=O)[N@@+]1(CC(=O)NC2CC(=O)OC2O)CC(CSCc2ccccc2)=CCCC1=O. The number of carbonyl (C=O) groups excluding carboxylic acids is 4. The Morgan fingerprint density at radius 2 is 1.97 bits per heavy atom. The maximum Gasteiger partial charge on any atom is 0.422 e. The largest absolute Gasteiger partial charge is 0.434 e. The third kappa shape index (κ3) is 5.72. The number of nitrogens with two attached hydrogens (primary N) is 1. The molecule has 1 aromatic carbocycles. The number of nitrogens with zero attached hydrogens (tertiary/aromatic N) is 1. The molecule has 4 N–H and O–H groups in total. The van der Waals surface area contributed by atoms with Crippen molar-refractivity contribution in [3.63, 3.8) is 0 Å². The van der Waals surface area contributed by atoms with Crippen LogP contribution in [-0.4, -0.2) is 64.6 Å². The fraction of sp³-hybridized carbons (Fsp3) is 0.429. The molecule has 0 aromatic heterocycles. The number of allylic oxidation sites excluding steroid dienone is 1. The zero-order valence-corrected chi connectivity index (χ0v) is 17.8.